The summed E-state index contributed by atoms with van der Waals surface area (Å²) in [5, 5.41) is 5.50. The van der Waals surface area contributed by atoms with Crippen molar-refractivity contribution in [1.29, 1.82) is 0 Å². The molecule has 0 saturated carbocycles. The minimum absolute atomic E-state index is 0.522. The van der Waals surface area contributed by atoms with E-state index in [0.29, 0.717) is 0 Å². The van der Waals surface area contributed by atoms with Gasteiger partial charge < -0.3 is 0 Å². The Labute approximate surface area is 116 Å². The number of rotatable bonds is 2. The monoisotopic (exact) mass is 268 g/mol. The van der Waals surface area contributed by atoms with Gasteiger partial charge in [-0.3, -0.25) is 0 Å². The molecule has 0 bridgehead atoms. The van der Waals surface area contributed by atoms with E-state index in [2.05, 4.69) is 73.4 Å². The fourth-order valence-electron chi connectivity index (χ4n) is 2.70. The van der Waals surface area contributed by atoms with Gasteiger partial charge >= 0.3 is 0 Å². The highest BCUT2D eigenvalue weighted by molar-refractivity contribution is 8.31. The van der Waals surface area contributed by atoms with Crippen LogP contribution < -0.4 is 0 Å². The minimum Gasteiger partial charge on any atom is -0.246 e. The summed E-state index contributed by atoms with van der Waals surface area (Å²) in [6.07, 6.45) is 7.15. The lowest BCUT2D eigenvalue weighted by molar-refractivity contribution is 1.44. The highest BCUT2D eigenvalue weighted by atomic mass is 32.3. The zero-order valence-electron chi connectivity index (χ0n) is 11.8. The van der Waals surface area contributed by atoms with Gasteiger partial charge in [0.1, 0.15) is 0 Å². The molecule has 3 aromatic carbocycles. The van der Waals surface area contributed by atoms with Crippen molar-refractivity contribution in [1.82, 2.24) is 0 Å². The van der Waals surface area contributed by atoms with Crippen molar-refractivity contribution < 1.29 is 0 Å². The average molecular weight is 268 g/mol. The normalized spacial score (nSPS) is 13.0. The molecule has 98 valence electrons. The largest absolute Gasteiger partial charge is 0.246 e. The molecule has 3 aromatic rings. The predicted octanol–water partition coefficient (Wildman–Crippen LogP) is 5.19. The highest BCUT2D eigenvalue weighted by Crippen LogP contribution is 2.41. The van der Waals surface area contributed by atoms with Gasteiger partial charge in [-0.25, -0.2) is 10.0 Å². The molecule has 3 rings (SSSR count). The molecule has 0 radical (unpaired) electrons. The van der Waals surface area contributed by atoms with Crippen molar-refractivity contribution in [2.24, 2.45) is 0 Å². The molecule has 0 amide bonds. The molecule has 0 spiro atoms. The van der Waals surface area contributed by atoms with Gasteiger partial charge in [0.2, 0.25) is 0 Å². The average Bonchev–Trinajstić information content (AvgIpc) is 2.37. The summed E-state index contributed by atoms with van der Waals surface area (Å²) >= 11 is 0. The van der Waals surface area contributed by atoms with Crippen molar-refractivity contribution >= 4 is 31.6 Å². The molecule has 0 fully saturated rings. The van der Waals surface area contributed by atoms with Gasteiger partial charge in [0, 0.05) is 5.75 Å². The number of fused-ring (bicyclic) bond motifs is 3. The zero-order valence-corrected chi connectivity index (χ0v) is 12.6. The third-order valence-corrected chi connectivity index (χ3v) is 4.64. The first kappa shape index (κ1) is 12.6. The van der Waals surface area contributed by atoms with Crippen LogP contribution in [0.5, 0.6) is 0 Å². The van der Waals surface area contributed by atoms with Crippen molar-refractivity contribution in [2.75, 3.05) is 18.8 Å². The van der Waals surface area contributed by atoms with Crippen LogP contribution in [0, 0.1) is 0 Å². The molecule has 0 aliphatic heterocycles. The standard InChI is InChI=1S/C18H20S/c1-19(2,3)13-15-8-6-10-18-16-9-5-4-7-14(16)11-12-17(15)18/h4-12H,13H2,1-3H3. The van der Waals surface area contributed by atoms with E-state index in [1.54, 1.807) is 0 Å². The van der Waals surface area contributed by atoms with Crippen LogP contribution in [0.25, 0.3) is 21.5 Å². The Bertz CT molecular complexity index is 735. The third kappa shape index (κ3) is 2.48. The molecule has 0 atom stereocenters. The maximum atomic E-state index is 2.38. The maximum Gasteiger partial charge on any atom is 0.00239 e. The van der Waals surface area contributed by atoms with Crippen LogP contribution in [0.15, 0.2) is 54.6 Å². The Morgan fingerprint density at radius 3 is 2.21 bits per heavy atom. The molecule has 0 aromatic heterocycles. The van der Waals surface area contributed by atoms with Gasteiger partial charge in [-0.1, -0.05) is 54.6 Å². The van der Waals surface area contributed by atoms with Gasteiger partial charge in [-0.15, -0.1) is 0 Å². The van der Waals surface area contributed by atoms with Crippen LogP contribution in [0.1, 0.15) is 5.56 Å². The summed E-state index contributed by atoms with van der Waals surface area (Å²) in [6.45, 7) is 0. The van der Waals surface area contributed by atoms with E-state index in [0.717, 1.165) is 0 Å². The summed E-state index contributed by atoms with van der Waals surface area (Å²) in [7, 11) is -0.522. The molecular formula is C18H20S. The Balaban J connectivity index is 2.29. The lowest BCUT2D eigenvalue weighted by atomic mass is 9.99. The van der Waals surface area contributed by atoms with Crippen molar-refractivity contribution in [3.63, 3.8) is 0 Å². The topological polar surface area (TPSA) is 0 Å². The second-order valence-electron chi connectivity index (χ2n) is 6.03. The molecule has 0 unspecified atom stereocenters. The lowest BCUT2D eigenvalue weighted by Gasteiger charge is -2.26. The molecule has 19 heavy (non-hydrogen) atoms. The number of hydrogen-bond acceptors (Lipinski definition) is 0. The van der Waals surface area contributed by atoms with Crippen LogP contribution in [-0.2, 0) is 5.75 Å². The molecule has 0 aliphatic carbocycles. The first-order valence-corrected chi connectivity index (χ1v) is 9.63. The first-order valence-electron chi connectivity index (χ1n) is 6.60. The smallest absolute Gasteiger partial charge is 0.00239 e. The summed E-state index contributed by atoms with van der Waals surface area (Å²) in [6, 6.07) is 19.9. The molecule has 1 heteroatoms. The van der Waals surface area contributed by atoms with Gasteiger partial charge in [-0.2, -0.15) is 0 Å². The molecule has 0 N–H and O–H groups in total. The Hall–Kier alpha value is -1.47. The molecular weight excluding hydrogens is 248 g/mol. The van der Waals surface area contributed by atoms with Crippen LogP contribution in [0.4, 0.5) is 0 Å². The highest BCUT2D eigenvalue weighted by Gasteiger charge is 2.09. The second kappa shape index (κ2) is 4.57. The van der Waals surface area contributed by atoms with E-state index in [1.807, 2.05) is 0 Å². The van der Waals surface area contributed by atoms with E-state index in [4.69, 9.17) is 0 Å². The number of hydrogen-bond donors (Lipinski definition) is 0. The van der Waals surface area contributed by atoms with Crippen molar-refractivity contribution in [3.8, 4) is 0 Å². The molecule has 0 heterocycles. The van der Waals surface area contributed by atoms with E-state index < -0.39 is 10.0 Å². The van der Waals surface area contributed by atoms with Crippen molar-refractivity contribution in [2.45, 2.75) is 5.75 Å². The zero-order chi connectivity index (χ0) is 13.5. The third-order valence-electron chi connectivity index (χ3n) is 3.47. The maximum absolute atomic E-state index is 2.38. The molecule has 0 aliphatic rings. The summed E-state index contributed by atoms with van der Waals surface area (Å²) in [5.74, 6) is 1.20. The van der Waals surface area contributed by atoms with Gasteiger partial charge in [-0.05, 0) is 45.9 Å². The summed E-state index contributed by atoms with van der Waals surface area (Å²) in [5.41, 5.74) is 1.49. The van der Waals surface area contributed by atoms with Gasteiger partial charge in [0.15, 0.2) is 0 Å². The Morgan fingerprint density at radius 1 is 0.684 bits per heavy atom. The molecule has 0 nitrogen and oxygen atoms in total. The van der Waals surface area contributed by atoms with Crippen LogP contribution in [0.2, 0.25) is 0 Å². The van der Waals surface area contributed by atoms with E-state index in [9.17, 15) is 0 Å². The Kier molecular flexibility index (Phi) is 3.02. The fourth-order valence-corrected chi connectivity index (χ4v) is 3.88. The fraction of sp³-hybridized carbons (Fsp3) is 0.222. The molecule has 0 saturated heterocycles. The lowest BCUT2D eigenvalue weighted by Crippen LogP contribution is -1.97. The van der Waals surface area contributed by atoms with Crippen LogP contribution in [-0.4, -0.2) is 18.8 Å². The van der Waals surface area contributed by atoms with E-state index in [-0.39, 0.29) is 0 Å². The quantitative estimate of drug-likeness (QED) is 0.561. The van der Waals surface area contributed by atoms with Crippen LogP contribution >= 0.6 is 10.0 Å². The van der Waals surface area contributed by atoms with Gasteiger partial charge in [0.05, 0.1) is 0 Å². The Morgan fingerprint density at radius 2 is 1.42 bits per heavy atom. The first-order chi connectivity index (χ1) is 9.04. The van der Waals surface area contributed by atoms with Gasteiger partial charge in [0.25, 0.3) is 0 Å². The number of benzene rings is 3. The minimum atomic E-state index is -0.522. The van der Waals surface area contributed by atoms with Crippen molar-refractivity contribution in [3.05, 3.63) is 60.2 Å². The summed E-state index contributed by atoms with van der Waals surface area (Å²) < 4.78 is 0. The second-order valence-corrected chi connectivity index (χ2v) is 10.5. The summed E-state index contributed by atoms with van der Waals surface area (Å²) in [4.78, 5) is 0. The van der Waals surface area contributed by atoms with E-state index >= 15 is 0 Å². The SMILES string of the molecule is CS(C)(C)Cc1cccc2c1ccc1ccccc12. The van der Waals surface area contributed by atoms with E-state index in [1.165, 1.54) is 32.9 Å². The van der Waals surface area contributed by atoms with Crippen LogP contribution in [0.3, 0.4) is 0 Å². The predicted molar refractivity (Wildman–Crippen MR) is 90.5 cm³/mol.